The van der Waals surface area contributed by atoms with Crippen LogP contribution in [0.5, 0.6) is 0 Å². The molecule has 0 bridgehead atoms. The second kappa shape index (κ2) is 14.6. The number of pyridine rings is 1. The van der Waals surface area contributed by atoms with E-state index >= 15 is 0 Å². The van der Waals surface area contributed by atoms with Crippen molar-refractivity contribution in [1.82, 2.24) is 39.0 Å². The van der Waals surface area contributed by atoms with Crippen LogP contribution >= 0.6 is 11.6 Å². The van der Waals surface area contributed by atoms with E-state index in [1.807, 2.05) is 0 Å². The van der Waals surface area contributed by atoms with Gasteiger partial charge < -0.3 is 24.8 Å². The van der Waals surface area contributed by atoms with Gasteiger partial charge in [-0.15, -0.1) is 0 Å². The average Bonchev–Trinajstić information content (AvgIpc) is 3.75. The number of nitro groups is 1. The van der Waals surface area contributed by atoms with Gasteiger partial charge in [-0.3, -0.25) is 34.2 Å². The molecule has 2 saturated heterocycles. The molecule has 6 rings (SSSR count). The molecular formula is C32H28ClF3N10O8. The van der Waals surface area contributed by atoms with Gasteiger partial charge in [0.25, 0.3) is 17.5 Å². The summed E-state index contributed by atoms with van der Waals surface area (Å²) in [5.74, 6) is -2.42. The molecule has 0 aliphatic carbocycles. The van der Waals surface area contributed by atoms with Crippen LogP contribution in [0.15, 0.2) is 48.9 Å². The first kappa shape index (κ1) is 37.4. The Kier molecular flexibility index (Phi) is 10.1. The van der Waals surface area contributed by atoms with Crippen molar-refractivity contribution in [3.8, 4) is 17.1 Å². The molecule has 1 aromatic carbocycles. The topological polar surface area (TPSA) is 219 Å². The van der Waals surface area contributed by atoms with Crippen molar-refractivity contribution < 1.29 is 47.2 Å². The lowest BCUT2D eigenvalue weighted by Crippen LogP contribution is -2.58. The van der Waals surface area contributed by atoms with E-state index in [1.54, 1.807) is 0 Å². The standard InChI is InChI=1S/C32H28ClF3N10O8/c1-41-24(21-16-45(40-26(21)32(34,35)36)25-5-3-18(14-37-25)46(53)54)15-38-27(41)28(48)39-17-2-4-20(22(33)12-17)29(49)42-8-10-43(11-9-42)30(50)23-13-19(47)6-7-44(23)31(51)52/h2-5,12,14-16,23H,6-11,13H2,1H3,(H,39,48)(H,51,52)/t23-/m0/s1. The molecule has 3 aromatic heterocycles. The number of hydrogen-bond donors (Lipinski definition) is 2. The lowest BCUT2D eigenvalue weighted by Gasteiger charge is -2.39. The SMILES string of the molecule is Cn1c(-c2cn(-c3ccc([N+](=O)[O-])cn3)nc2C(F)(F)F)cnc1C(=O)Nc1ccc(C(=O)N2CCN(C(=O)[C@@H]3CC(=O)CCN3C(=O)O)CC2)c(Cl)c1. The number of carbonyl (C=O) groups is 5. The minimum Gasteiger partial charge on any atom is -0.465 e. The summed E-state index contributed by atoms with van der Waals surface area (Å²) in [7, 11) is 1.32. The summed E-state index contributed by atoms with van der Waals surface area (Å²) in [6, 6.07) is 5.14. The third-order valence-electron chi connectivity index (χ3n) is 8.92. The van der Waals surface area contributed by atoms with Crippen molar-refractivity contribution >= 4 is 52.6 Å². The van der Waals surface area contributed by atoms with Crippen molar-refractivity contribution in [3.05, 3.63) is 81.1 Å². The number of aromatic nitrogens is 5. The number of alkyl halides is 3. The number of carboxylic acid groups (broad SMARTS) is 1. The molecule has 18 nitrogen and oxygen atoms in total. The highest BCUT2D eigenvalue weighted by Gasteiger charge is 2.40. The van der Waals surface area contributed by atoms with Crippen LogP contribution in [0, 0.1) is 10.1 Å². The van der Waals surface area contributed by atoms with Crippen LogP contribution in [-0.4, -0.2) is 117 Å². The van der Waals surface area contributed by atoms with Gasteiger partial charge in [0.2, 0.25) is 5.91 Å². The number of piperidine rings is 1. The number of imidazole rings is 1. The Bertz CT molecular complexity index is 2180. The fourth-order valence-electron chi connectivity index (χ4n) is 6.12. The number of amides is 4. The minimum absolute atomic E-state index is 0.0308. The maximum absolute atomic E-state index is 14.1. The number of benzene rings is 1. The van der Waals surface area contributed by atoms with Crippen LogP contribution < -0.4 is 5.32 Å². The number of nitrogens with zero attached hydrogens (tertiary/aromatic N) is 9. The molecule has 0 unspecified atom stereocenters. The van der Waals surface area contributed by atoms with E-state index < -0.39 is 52.2 Å². The minimum atomic E-state index is -4.94. The number of nitrogens with one attached hydrogen (secondary N) is 1. The van der Waals surface area contributed by atoms with E-state index in [0.29, 0.717) is 0 Å². The van der Waals surface area contributed by atoms with E-state index in [9.17, 15) is 52.4 Å². The maximum Gasteiger partial charge on any atom is 0.435 e. The summed E-state index contributed by atoms with van der Waals surface area (Å²) in [4.78, 5) is 85.1. The summed E-state index contributed by atoms with van der Waals surface area (Å²) in [6.45, 7) is 0.336. The Morgan fingerprint density at radius 3 is 2.33 bits per heavy atom. The van der Waals surface area contributed by atoms with E-state index in [-0.39, 0.29) is 90.6 Å². The lowest BCUT2D eigenvalue weighted by atomic mass is 10.00. The number of rotatable bonds is 7. The molecule has 0 radical (unpaired) electrons. The molecule has 4 aromatic rings. The van der Waals surface area contributed by atoms with Gasteiger partial charge in [-0.05, 0) is 24.3 Å². The first-order valence-electron chi connectivity index (χ1n) is 16.0. The highest BCUT2D eigenvalue weighted by Crippen LogP contribution is 2.37. The zero-order valence-corrected chi connectivity index (χ0v) is 28.7. The first-order chi connectivity index (χ1) is 25.5. The molecule has 22 heteroatoms. The fourth-order valence-corrected chi connectivity index (χ4v) is 6.38. The van der Waals surface area contributed by atoms with Gasteiger partial charge in [0, 0.05) is 70.6 Å². The van der Waals surface area contributed by atoms with Crippen LogP contribution in [0.25, 0.3) is 17.1 Å². The fraction of sp³-hybridized carbons (Fsp3) is 0.312. The summed E-state index contributed by atoms with van der Waals surface area (Å²) in [6.07, 6.45) is -3.47. The third-order valence-corrected chi connectivity index (χ3v) is 9.24. The molecule has 54 heavy (non-hydrogen) atoms. The van der Waals surface area contributed by atoms with E-state index in [0.717, 1.165) is 44.9 Å². The van der Waals surface area contributed by atoms with Gasteiger partial charge in [-0.2, -0.15) is 18.3 Å². The number of halogens is 4. The average molecular weight is 773 g/mol. The second-order valence-corrected chi connectivity index (χ2v) is 12.6. The number of Topliss-reactive ketones (excluding diaryl/α,β-unsaturated/α-hetero) is 1. The van der Waals surface area contributed by atoms with Crippen LogP contribution in [0.4, 0.5) is 29.3 Å². The molecule has 282 valence electrons. The van der Waals surface area contributed by atoms with Crippen LogP contribution in [0.2, 0.25) is 5.02 Å². The molecule has 4 amide bonds. The lowest BCUT2D eigenvalue weighted by molar-refractivity contribution is -0.385. The largest absolute Gasteiger partial charge is 0.465 e. The molecule has 5 heterocycles. The van der Waals surface area contributed by atoms with Crippen molar-refractivity contribution in [3.63, 3.8) is 0 Å². The van der Waals surface area contributed by atoms with Gasteiger partial charge in [-0.1, -0.05) is 11.6 Å². The Hall–Kier alpha value is -6.38. The predicted octanol–water partition coefficient (Wildman–Crippen LogP) is 3.50. The van der Waals surface area contributed by atoms with Gasteiger partial charge >= 0.3 is 12.3 Å². The number of hydrogen-bond acceptors (Lipinski definition) is 10. The van der Waals surface area contributed by atoms with Crippen LogP contribution in [0.1, 0.15) is 39.5 Å². The molecule has 2 fully saturated rings. The summed E-state index contributed by atoms with van der Waals surface area (Å²) >= 11 is 6.43. The summed E-state index contributed by atoms with van der Waals surface area (Å²) in [5.41, 5.74) is -2.04. The molecule has 1 atom stereocenters. The molecule has 2 aliphatic heterocycles. The van der Waals surface area contributed by atoms with Crippen molar-refractivity contribution in [2.75, 3.05) is 38.0 Å². The number of likely N-dealkylation sites (tertiary alicyclic amines) is 1. The van der Waals surface area contributed by atoms with Gasteiger partial charge in [0.15, 0.2) is 17.3 Å². The summed E-state index contributed by atoms with van der Waals surface area (Å²) in [5, 5.41) is 26.5. The zero-order valence-electron chi connectivity index (χ0n) is 28.0. The quantitative estimate of drug-likeness (QED) is 0.205. The van der Waals surface area contributed by atoms with Gasteiger partial charge in [-0.25, -0.2) is 19.4 Å². The number of piperazine rings is 1. The Morgan fingerprint density at radius 2 is 1.72 bits per heavy atom. The molecular weight excluding hydrogens is 745 g/mol. The molecule has 2 aliphatic rings. The summed E-state index contributed by atoms with van der Waals surface area (Å²) < 4.78 is 44.1. The monoisotopic (exact) mass is 772 g/mol. The molecule has 0 spiro atoms. The highest BCUT2D eigenvalue weighted by atomic mass is 35.5. The normalized spacial score (nSPS) is 16.4. The third kappa shape index (κ3) is 7.42. The van der Waals surface area contributed by atoms with Crippen LogP contribution in [0.3, 0.4) is 0 Å². The van der Waals surface area contributed by atoms with E-state index in [4.69, 9.17) is 11.6 Å². The second-order valence-electron chi connectivity index (χ2n) is 12.2. The van der Waals surface area contributed by atoms with Crippen molar-refractivity contribution in [2.45, 2.75) is 25.1 Å². The van der Waals surface area contributed by atoms with E-state index in [1.165, 1.54) is 35.0 Å². The Morgan fingerprint density at radius 1 is 1.02 bits per heavy atom. The van der Waals surface area contributed by atoms with Crippen LogP contribution in [-0.2, 0) is 22.8 Å². The van der Waals surface area contributed by atoms with Gasteiger partial charge in [0.1, 0.15) is 18.0 Å². The van der Waals surface area contributed by atoms with Crippen molar-refractivity contribution in [2.24, 2.45) is 7.05 Å². The number of carbonyl (C=O) groups excluding carboxylic acids is 4. The predicted molar refractivity (Wildman–Crippen MR) is 180 cm³/mol. The molecule has 2 N–H and O–H groups in total. The van der Waals surface area contributed by atoms with Gasteiger partial charge in [0.05, 0.1) is 33.0 Å². The van der Waals surface area contributed by atoms with E-state index in [2.05, 4.69) is 20.4 Å². The Labute approximate surface area is 306 Å². The Balaban J connectivity index is 1.12. The zero-order chi connectivity index (χ0) is 39.1. The number of anilines is 1. The smallest absolute Gasteiger partial charge is 0.435 e. The van der Waals surface area contributed by atoms with Crippen molar-refractivity contribution in [1.29, 1.82) is 0 Å². The first-order valence-corrected chi connectivity index (χ1v) is 16.4. The highest BCUT2D eigenvalue weighted by molar-refractivity contribution is 6.34. The maximum atomic E-state index is 14.1. The number of ketones is 1. The molecule has 0 saturated carbocycles.